The van der Waals surface area contributed by atoms with Crippen LogP contribution in [0.2, 0.25) is 0 Å². The molecule has 2 aromatic rings. The molecular weight excluding hydrogens is 370 g/mol. The second-order valence-corrected chi connectivity index (χ2v) is 6.82. The molecule has 0 unspecified atom stereocenters. The maximum Gasteiger partial charge on any atom is 0.295 e. The van der Waals surface area contributed by atoms with Crippen molar-refractivity contribution in [1.82, 2.24) is 4.90 Å². The maximum atomic E-state index is 12.9. The Morgan fingerprint density at radius 1 is 1.07 bits per heavy atom. The Balaban J connectivity index is 2.21. The van der Waals surface area contributed by atoms with Gasteiger partial charge in [0.2, 0.25) is 0 Å². The Labute approximate surface area is 170 Å². The van der Waals surface area contributed by atoms with Crippen LogP contribution in [0.25, 0.3) is 5.76 Å². The van der Waals surface area contributed by atoms with Crippen molar-refractivity contribution >= 4 is 17.4 Å². The molecule has 1 amide bonds. The minimum Gasteiger partial charge on any atom is -0.507 e. The predicted molar refractivity (Wildman–Crippen MR) is 110 cm³/mol. The second kappa shape index (κ2) is 8.82. The molecule has 0 bridgehead atoms. The molecule has 0 aromatic heterocycles. The van der Waals surface area contributed by atoms with Gasteiger partial charge in [-0.25, -0.2) is 0 Å². The van der Waals surface area contributed by atoms with E-state index in [4.69, 9.17) is 9.47 Å². The molecule has 1 heterocycles. The van der Waals surface area contributed by atoms with E-state index in [9.17, 15) is 14.7 Å². The molecule has 0 aliphatic carbocycles. The molecule has 1 aliphatic heterocycles. The van der Waals surface area contributed by atoms with Crippen molar-refractivity contribution in [3.63, 3.8) is 0 Å². The van der Waals surface area contributed by atoms with Crippen LogP contribution in [-0.2, 0) is 9.59 Å². The van der Waals surface area contributed by atoms with Gasteiger partial charge in [0.05, 0.1) is 25.8 Å². The van der Waals surface area contributed by atoms with Crippen LogP contribution in [0.1, 0.15) is 36.9 Å². The van der Waals surface area contributed by atoms with E-state index >= 15 is 0 Å². The zero-order valence-corrected chi connectivity index (χ0v) is 16.8. The summed E-state index contributed by atoms with van der Waals surface area (Å²) in [5.74, 6) is -0.411. The molecule has 1 N–H and O–H groups in total. The number of hydrogen-bond acceptors (Lipinski definition) is 5. The Kier molecular flexibility index (Phi) is 6.22. The third-order valence-corrected chi connectivity index (χ3v) is 5.07. The van der Waals surface area contributed by atoms with Crippen molar-refractivity contribution < 1.29 is 24.2 Å². The maximum absolute atomic E-state index is 12.9. The lowest BCUT2D eigenvalue weighted by Gasteiger charge is -2.26. The Hall–Kier alpha value is -3.28. The molecule has 0 saturated carbocycles. The lowest BCUT2D eigenvalue weighted by molar-refractivity contribution is -0.139. The van der Waals surface area contributed by atoms with Crippen LogP contribution in [0.4, 0.5) is 0 Å². The number of Topliss-reactive ketones (excluding diaryl/α,β-unsaturated/α-hetero) is 1. The van der Waals surface area contributed by atoms with E-state index in [1.54, 1.807) is 49.6 Å². The van der Waals surface area contributed by atoms with Crippen molar-refractivity contribution in [3.8, 4) is 11.5 Å². The topological polar surface area (TPSA) is 76.1 Å². The number of carbonyl (C=O) groups is 2. The fourth-order valence-corrected chi connectivity index (χ4v) is 3.56. The summed E-state index contributed by atoms with van der Waals surface area (Å²) in [6.45, 7) is 2.43. The molecular formula is C23H25NO5. The molecule has 1 fully saturated rings. The lowest BCUT2D eigenvalue weighted by Crippen LogP contribution is -2.30. The Morgan fingerprint density at radius 2 is 1.79 bits per heavy atom. The fraction of sp³-hybridized carbons (Fsp3) is 0.304. The van der Waals surface area contributed by atoms with Crippen molar-refractivity contribution in [1.29, 1.82) is 0 Å². The smallest absolute Gasteiger partial charge is 0.295 e. The summed E-state index contributed by atoms with van der Waals surface area (Å²) in [5.41, 5.74) is 1.18. The highest BCUT2D eigenvalue weighted by Crippen LogP contribution is 2.43. The van der Waals surface area contributed by atoms with Crippen LogP contribution < -0.4 is 9.47 Å². The molecule has 1 saturated heterocycles. The van der Waals surface area contributed by atoms with Gasteiger partial charge in [-0.15, -0.1) is 0 Å². The average Bonchev–Trinajstić information content (AvgIpc) is 3.01. The summed E-state index contributed by atoms with van der Waals surface area (Å²) in [6, 6.07) is 13.3. The van der Waals surface area contributed by atoms with E-state index in [1.807, 2.05) is 13.0 Å². The van der Waals surface area contributed by atoms with Gasteiger partial charge in [0, 0.05) is 23.7 Å². The van der Waals surface area contributed by atoms with E-state index in [0.29, 0.717) is 29.2 Å². The number of carbonyl (C=O) groups excluding carboxylic acids is 2. The first-order valence-electron chi connectivity index (χ1n) is 9.59. The van der Waals surface area contributed by atoms with Gasteiger partial charge in [-0.2, -0.15) is 0 Å². The van der Waals surface area contributed by atoms with E-state index in [0.717, 1.165) is 12.8 Å². The fourth-order valence-electron chi connectivity index (χ4n) is 3.56. The van der Waals surface area contributed by atoms with Crippen LogP contribution in [0.3, 0.4) is 0 Å². The average molecular weight is 395 g/mol. The first kappa shape index (κ1) is 20.5. The summed E-state index contributed by atoms with van der Waals surface area (Å²) in [5, 5.41) is 11.0. The monoisotopic (exact) mass is 395 g/mol. The standard InChI is InChI=1S/C23H25NO5/c1-4-5-13-24-20(17-12-11-16(28-2)14-18(17)29-3)19(22(26)23(24)27)21(25)15-9-7-6-8-10-15/h6-12,14,20,25H,4-5,13H2,1-3H3/b21-19+/t20-/m1/s1. The lowest BCUT2D eigenvalue weighted by atomic mass is 9.94. The Bertz CT molecular complexity index is 936. The number of ketones is 1. The molecule has 6 nitrogen and oxygen atoms in total. The van der Waals surface area contributed by atoms with E-state index in [-0.39, 0.29) is 11.3 Å². The Morgan fingerprint density at radius 3 is 2.41 bits per heavy atom. The summed E-state index contributed by atoms with van der Waals surface area (Å²) in [7, 11) is 3.07. The number of nitrogens with zero attached hydrogens (tertiary/aromatic N) is 1. The predicted octanol–water partition coefficient (Wildman–Crippen LogP) is 3.93. The molecule has 152 valence electrons. The first-order valence-corrected chi connectivity index (χ1v) is 9.59. The minimum absolute atomic E-state index is 0.0702. The molecule has 0 spiro atoms. The molecule has 1 atom stereocenters. The molecule has 1 aliphatic rings. The number of ether oxygens (including phenoxy) is 2. The summed E-state index contributed by atoms with van der Waals surface area (Å²) < 4.78 is 10.8. The van der Waals surface area contributed by atoms with Gasteiger partial charge < -0.3 is 19.5 Å². The van der Waals surface area contributed by atoms with Gasteiger partial charge in [0.25, 0.3) is 11.7 Å². The number of hydrogen-bond donors (Lipinski definition) is 1. The van der Waals surface area contributed by atoms with Crippen LogP contribution in [0, 0.1) is 0 Å². The molecule has 6 heteroatoms. The van der Waals surface area contributed by atoms with Crippen LogP contribution in [-0.4, -0.2) is 42.5 Å². The minimum atomic E-state index is -0.734. The number of benzene rings is 2. The van der Waals surface area contributed by atoms with Gasteiger partial charge in [-0.1, -0.05) is 43.7 Å². The van der Waals surface area contributed by atoms with Gasteiger partial charge in [0.15, 0.2) is 0 Å². The summed E-state index contributed by atoms with van der Waals surface area (Å²) in [4.78, 5) is 27.3. The van der Waals surface area contributed by atoms with Crippen LogP contribution in [0.15, 0.2) is 54.1 Å². The molecule has 0 radical (unpaired) electrons. The largest absolute Gasteiger partial charge is 0.507 e. The zero-order valence-electron chi connectivity index (χ0n) is 16.8. The van der Waals surface area contributed by atoms with E-state index < -0.39 is 17.7 Å². The van der Waals surface area contributed by atoms with Crippen LogP contribution >= 0.6 is 0 Å². The number of aliphatic hydroxyl groups is 1. The normalized spacial score (nSPS) is 18.2. The van der Waals surface area contributed by atoms with Crippen molar-refractivity contribution in [2.75, 3.05) is 20.8 Å². The van der Waals surface area contributed by atoms with Gasteiger partial charge >= 0.3 is 0 Å². The number of likely N-dealkylation sites (tertiary alicyclic amines) is 1. The van der Waals surface area contributed by atoms with Crippen LogP contribution in [0.5, 0.6) is 11.5 Å². The molecule has 3 rings (SSSR count). The number of amides is 1. The van der Waals surface area contributed by atoms with E-state index in [1.165, 1.54) is 12.0 Å². The number of unbranched alkanes of at least 4 members (excludes halogenated alkanes) is 1. The summed E-state index contributed by atoms with van der Waals surface area (Å²) >= 11 is 0. The van der Waals surface area contributed by atoms with E-state index in [2.05, 4.69) is 0 Å². The van der Waals surface area contributed by atoms with Gasteiger partial charge in [0.1, 0.15) is 17.3 Å². The third-order valence-electron chi connectivity index (χ3n) is 5.07. The van der Waals surface area contributed by atoms with Crippen molar-refractivity contribution in [2.24, 2.45) is 0 Å². The summed E-state index contributed by atoms with van der Waals surface area (Å²) in [6.07, 6.45) is 1.61. The SMILES string of the molecule is CCCCN1C(=O)C(=O)/C(=C(/O)c2ccccc2)[C@H]1c1ccc(OC)cc1OC. The highest BCUT2D eigenvalue weighted by molar-refractivity contribution is 6.46. The third kappa shape index (κ3) is 3.83. The zero-order chi connectivity index (χ0) is 21.0. The number of methoxy groups -OCH3 is 2. The molecule has 2 aromatic carbocycles. The van der Waals surface area contributed by atoms with Gasteiger partial charge in [-0.05, 0) is 18.6 Å². The highest BCUT2D eigenvalue weighted by atomic mass is 16.5. The quantitative estimate of drug-likeness (QED) is 0.437. The highest BCUT2D eigenvalue weighted by Gasteiger charge is 2.46. The number of aliphatic hydroxyl groups excluding tert-OH is 1. The molecule has 29 heavy (non-hydrogen) atoms. The van der Waals surface area contributed by atoms with Gasteiger partial charge in [-0.3, -0.25) is 9.59 Å². The first-order chi connectivity index (χ1) is 14.0. The number of rotatable bonds is 7. The second-order valence-electron chi connectivity index (χ2n) is 6.82. The van der Waals surface area contributed by atoms with Crippen molar-refractivity contribution in [3.05, 3.63) is 65.2 Å². The van der Waals surface area contributed by atoms with Crippen molar-refractivity contribution in [2.45, 2.75) is 25.8 Å².